The monoisotopic (exact) mass is 397 g/mol. The van der Waals surface area contributed by atoms with E-state index < -0.39 is 0 Å². The molecular formula is C20H27N7O2. The minimum absolute atomic E-state index is 0.202. The van der Waals surface area contributed by atoms with Crippen molar-refractivity contribution in [1.82, 2.24) is 24.3 Å². The number of anilines is 2. The summed E-state index contributed by atoms with van der Waals surface area (Å²) >= 11 is 0. The van der Waals surface area contributed by atoms with Crippen molar-refractivity contribution in [2.24, 2.45) is 7.05 Å². The van der Waals surface area contributed by atoms with E-state index in [9.17, 15) is 9.59 Å². The molecule has 4 heterocycles. The predicted octanol–water partition coefficient (Wildman–Crippen LogP) is -0.110. The second kappa shape index (κ2) is 8.20. The maximum Gasteiger partial charge on any atom is 0.263 e. The average molecular weight is 397 g/mol. The van der Waals surface area contributed by atoms with Crippen molar-refractivity contribution in [3.8, 4) is 0 Å². The molecule has 0 spiro atoms. The quantitative estimate of drug-likeness (QED) is 0.715. The van der Waals surface area contributed by atoms with E-state index >= 15 is 0 Å². The molecule has 2 aliphatic heterocycles. The molecule has 0 unspecified atom stereocenters. The van der Waals surface area contributed by atoms with Gasteiger partial charge in [-0.25, -0.2) is 9.97 Å². The molecule has 9 nitrogen and oxygen atoms in total. The summed E-state index contributed by atoms with van der Waals surface area (Å²) in [5.41, 5.74) is -0.0320. The van der Waals surface area contributed by atoms with Gasteiger partial charge in [0.2, 0.25) is 0 Å². The molecule has 0 N–H and O–H groups in total. The van der Waals surface area contributed by atoms with Crippen LogP contribution in [0.15, 0.2) is 35.5 Å². The normalized spacial score (nSPS) is 18.2. The van der Waals surface area contributed by atoms with Gasteiger partial charge in [0.15, 0.2) is 0 Å². The number of nitrogens with zero attached hydrogens (tertiary/aromatic N) is 7. The highest BCUT2D eigenvalue weighted by Crippen LogP contribution is 2.20. The zero-order chi connectivity index (χ0) is 20.4. The molecule has 2 fully saturated rings. The lowest BCUT2D eigenvalue weighted by molar-refractivity contribution is 0.0744. The molecule has 4 rings (SSSR count). The maximum atomic E-state index is 12.8. The SMILES string of the molecule is CN1CCN(c2cc(N3CCN(C(=O)c4cccn(C)c4=O)CC3)ncn2)CC1. The van der Waals surface area contributed by atoms with Gasteiger partial charge >= 0.3 is 0 Å². The Bertz CT molecular complexity index is 928. The van der Waals surface area contributed by atoms with Crippen molar-refractivity contribution in [3.63, 3.8) is 0 Å². The molecule has 2 aromatic heterocycles. The Morgan fingerprint density at radius 1 is 0.897 bits per heavy atom. The van der Waals surface area contributed by atoms with E-state index in [0.29, 0.717) is 26.2 Å². The summed E-state index contributed by atoms with van der Waals surface area (Å²) in [7, 11) is 3.79. The van der Waals surface area contributed by atoms with E-state index in [1.54, 1.807) is 36.6 Å². The second-order valence-electron chi connectivity index (χ2n) is 7.64. The summed E-state index contributed by atoms with van der Waals surface area (Å²) in [5, 5.41) is 0. The fraction of sp³-hybridized carbons (Fsp3) is 0.500. The van der Waals surface area contributed by atoms with E-state index in [-0.39, 0.29) is 17.0 Å². The topological polar surface area (TPSA) is 77.8 Å². The van der Waals surface area contributed by atoms with Crippen LogP contribution in [0.2, 0.25) is 0 Å². The van der Waals surface area contributed by atoms with Crippen LogP contribution < -0.4 is 15.4 Å². The Kier molecular flexibility index (Phi) is 5.48. The molecule has 1 amide bonds. The minimum Gasteiger partial charge on any atom is -0.354 e. The number of piperazine rings is 2. The van der Waals surface area contributed by atoms with Crippen molar-refractivity contribution >= 4 is 17.5 Å². The molecule has 0 atom stereocenters. The molecule has 2 aliphatic rings. The van der Waals surface area contributed by atoms with Gasteiger partial charge in [-0.2, -0.15) is 0 Å². The second-order valence-corrected chi connectivity index (χ2v) is 7.64. The molecule has 0 radical (unpaired) electrons. The zero-order valence-corrected chi connectivity index (χ0v) is 17.0. The van der Waals surface area contributed by atoms with E-state index in [0.717, 1.165) is 37.8 Å². The number of rotatable bonds is 3. The van der Waals surface area contributed by atoms with Crippen LogP contribution in [0, 0.1) is 0 Å². The number of amides is 1. The molecule has 0 bridgehead atoms. The third-order valence-electron chi connectivity index (χ3n) is 5.71. The Morgan fingerprint density at radius 2 is 1.48 bits per heavy atom. The number of likely N-dealkylation sites (N-methyl/N-ethyl adjacent to an activating group) is 1. The zero-order valence-electron chi connectivity index (χ0n) is 17.0. The fourth-order valence-corrected chi connectivity index (χ4v) is 3.79. The van der Waals surface area contributed by atoms with Crippen molar-refractivity contribution in [2.75, 3.05) is 69.2 Å². The Balaban J connectivity index is 1.41. The van der Waals surface area contributed by atoms with Crippen molar-refractivity contribution in [2.45, 2.75) is 0 Å². The first kappa shape index (κ1) is 19.4. The van der Waals surface area contributed by atoms with Crippen LogP contribution in [0.5, 0.6) is 0 Å². The molecule has 2 saturated heterocycles. The van der Waals surface area contributed by atoms with Crippen LogP contribution in [-0.2, 0) is 7.05 Å². The smallest absolute Gasteiger partial charge is 0.263 e. The fourth-order valence-electron chi connectivity index (χ4n) is 3.79. The maximum absolute atomic E-state index is 12.8. The Labute approximate surface area is 170 Å². The number of carbonyl (C=O) groups excluding carboxylic acids is 1. The van der Waals surface area contributed by atoms with Crippen LogP contribution in [-0.4, -0.2) is 89.6 Å². The van der Waals surface area contributed by atoms with Gasteiger partial charge in [0, 0.05) is 71.7 Å². The summed E-state index contributed by atoms with van der Waals surface area (Å²) in [6.07, 6.45) is 3.28. The molecule has 9 heteroatoms. The van der Waals surface area contributed by atoms with Crippen LogP contribution in [0.4, 0.5) is 11.6 Å². The Hall–Kier alpha value is -2.94. The lowest BCUT2D eigenvalue weighted by Crippen LogP contribution is -2.50. The number of hydrogen-bond donors (Lipinski definition) is 0. The molecular weight excluding hydrogens is 370 g/mol. The molecule has 0 aromatic carbocycles. The van der Waals surface area contributed by atoms with Gasteiger partial charge in [0.25, 0.3) is 11.5 Å². The summed E-state index contributed by atoms with van der Waals surface area (Å²) in [6.45, 7) is 6.45. The van der Waals surface area contributed by atoms with Gasteiger partial charge in [-0.1, -0.05) is 0 Å². The third kappa shape index (κ3) is 4.09. The number of pyridine rings is 1. The highest BCUT2D eigenvalue weighted by atomic mass is 16.2. The first-order valence-electron chi connectivity index (χ1n) is 9.98. The highest BCUT2D eigenvalue weighted by Gasteiger charge is 2.25. The highest BCUT2D eigenvalue weighted by molar-refractivity contribution is 5.94. The molecule has 0 saturated carbocycles. The van der Waals surface area contributed by atoms with Crippen molar-refractivity contribution in [1.29, 1.82) is 0 Å². The van der Waals surface area contributed by atoms with Crippen LogP contribution >= 0.6 is 0 Å². The number of hydrogen-bond acceptors (Lipinski definition) is 7. The lowest BCUT2D eigenvalue weighted by Gasteiger charge is -2.36. The molecule has 0 aliphatic carbocycles. The summed E-state index contributed by atoms with van der Waals surface area (Å²) in [4.78, 5) is 42.4. The summed E-state index contributed by atoms with van der Waals surface area (Å²) < 4.78 is 1.43. The number of carbonyl (C=O) groups is 1. The summed E-state index contributed by atoms with van der Waals surface area (Å²) in [6, 6.07) is 5.37. The lowest BCUT2D eigenvalue weighted by atomic mass is 10.2. The van der Waals surface area contributed by atoms with Gasteiger partial charge in [0.1, 0.15) is 23.5 Å². The van der Waals surface area contributed by atoms with Gasteiger partial charge < -0.3 is 24.2 Å². The number of aryl methyl sites for hydroxylation is 1. The van der Waals surface area contributed by atoms with Crippen LogP contribution in [0.3, 0.4) is 0 Å². The predicted molar refractivity (Wildman–Crippen MR) is 112 cm³/mol. The van der Waals surface area contributed by atoms with Crippen LogP contribution in [0.1, 0.15) is 10.4 Å². The summed E-state index contributed by atoms with van der Waals surface area (Å²) in [5.74, 6) is 1.64. The molecule has 2 aromatic rings. The van der Waals surface area contributed by atoms with Gasteiger partial charge in [-0.05, 0) is 19.2 Å². The minimum atomic E-state index is -0.257. The molecule has 29 heavy (non-hydrogen) atoms. The standard InChI is InChI=1S/C20H27N7O2/c1-23-6-8-25(9-7-23)17-14-18(22-15-21-17)26-10-12-27(13-11-26)20(29)16-4-3-5-24(2)19(16)28/h3-5,14-15H,6-13H2,1-2H3. The van der Waals surface area contributed by atoms with E-state index in [1.165, 1.54) is 4.57 Å². The van der Waals surface area contributed by atoms with E-state index in [2.05, 4.69) is 31.7 Å². The molecule has 154 valence electrons. The average Bonchev–Trinajstić information content (AvgIpc) is 2.76. The Morgan fingerprint density at radius 3 is 2.10 bits per heavy atom. The third-order valence-corrected chi connectivity index (χ3v) is 5.71. The van der Waals surface area contributed by atoms with E-state index in [1.807, 2.05) is 6.07 Å². The van der Waals surface area contributed by atoms with Gasteiger partial charge in [0.05, 0.1) is 0 Å². The van der Waals surface area contributed by atoms with Crippen molar-refractivity contribution < 1.29 is 4.79 Å². The van der Waals surface area contributed by atoms with Gasteiger partial charge in [-0.3, -0.25) is 9.59 Å². The van der Waals surface area contributed by atoms with Crippen molar-refractivity contribution in [3.05, 3.63) is 46.6 Å². The van der Waals surface area contributed by atoms with E-state index in [4.69, 9.17) is 0 Å². The van der Waals surface area contributed by atoms with Gasteiger partial charge in [-0.15, -0.1) is 0 Å². The van der Waals surface area contributed by atoms with Crippen LogP contribution in [0.25, 0.3) is 0 Å². The largest absolute Gasteiger partial charge is 0.354 e. The number of aromatic nitrogens is 3. The first-order valence-corrected chi connectivity index (χ1v) is 9.98. The first-order chi connectivity index (χ1) is 14.0.